The maximum Gasteiger partial charge on any atom is 0.228 e. The van der Waals surface area contributed by atoms with Crippen molar-refractivity contribution in [2.24, 2.45) is 0 Å². The van der Waals surface area contributed by atoms with E-state index in [0.717, 1.165) is 48.7 Å². The van der Waals surface area contributed by atoms with Crippen LogP contribution in [0.4, 0.5) is 17.7 Å². The number of aromatic nitrogens is 4. The summed E-state index contributed by atoms with van der Waals surface area (Å²) in [4.78, 5) is 22.4. The number of fused-ring (bicyclic) bond motifs is 1. The molecule has 3 aliphatic rings. The molecule has 2 N–H and O–H groups in total. The van der Waals surface area contributed by atoms with Gasteiger partial charge in [0, 0.05) is 56.2 Å². The Labute approximate surface area is 181 Å². The lowest BCUT2D eigenvalue weighted by molar-refractivity contribution is 0.122. The highest BCUT2D eigenvalue weighted by Gasteiger charge is 2.41. The van der Waals surface area contributed by atoms with Crippen LogP contribution < -0.4 is 15.5 Å². The van der Waals surface area contributed by atoms with Crippen LogP contribution in [-0.2, 0) is 21.2 Å². The normalized spacial score (nSPS) is 20.0. The van der Waals surface area contributed by atoms with Gasteiger partial charge in [-0.1, -0.05) is 0 Å². The Morgan fingerprint density at radius 1 is 1.13 bits per heavy atom. The summed E-state index contributed by atoms with van der Waals surface area (Å²) in [7, 11) is -3.16. The van der Waals surface area contributed by atoms with E-state index < -0.39 is 10.0 Å². The molecule has 3 aliphatic heterocycles. The summed E-state index contributed by atoms with van der Waals surface area (Å²) in [6, 6.07) is 0.116. The van der Waals surface area contributed by atoms with Crippen LogP contribution in [0.3, 0.4) is 0 Å². The molecular weight excluding hydrogens is 420 g/mol. The molecule has 0 bridgehead atoms. The van der Waals surface area contributed by atoms with Crippen molar-refractivity contribution in [1.82, 2.24) is 24.2 Å². The summed E-state index contributed by atoms with van der Waals surface area (Å²) in [5, 5.41) is 0. The highest BCUT2D eigenvalue weighted by molar-refractivity contribution is 7.89. The molecule has 5 rings (SSSR count). The topological polar surface area (TPSA) is 131 Å². The van der Waals surface area contributed by atoms with E-state index in [1.807, 2.05) is 0 Å². The molecule has 166 valence electrons. The molecule has 11 nitrogen and oxygen atoms in total. The predicted octanol–water partition coefficient (Wildman–Crippen LogP) is -0.251. The molecule has 2 saturated heterocycles. The van der Waals surface area contributed by atoms with Gasteiger partial charge in [0.25, 0.3) is 0 Å². The lowest BCUT2D eigenvalue weighted by Gasteiger charge is -2.43. The molecule has 12 heteroatoms. The highest BCUT2D eigenvalue weighted by Crippen LogP contribution is 2.38. The van der Waals surface area contributed by atoms with Gasteiger partial charge < -0.3 is 20.3 Å². The maximum absolute atomic E-state index is 12.2. The van der Waals surface area contributed by atoms with E-state index in [9.17, 15) is 8.42 Å². The van der Waals surface area contributed by atoms with Gasteiger partial charge in [-0.15, -0.1) is 0 Å². The molecule has 0 atom stereocenters. The number of rotatable bonds is 5. The Bertz CT molecular complexity index is 1070. The van der Waals surface area contributed by atoms with Gasteiger partial charge in [0.05, 0.1) is 30.7 Å². The molecule has 0 aromatic carbocycles. The van der Waals surface area contributed by atoms with Crippen molar-refractivity contribution in [3.63, 3.8) is 0 Å². The second kappa shape index (κ2) is 7.84. The van der Waals surface area contributed by atoms with Crippen LogP contribution in [0.15, 0.2) is 12.4 Å². The van der Waals surface area contributed by atoms with E-state index in [0.29, 0.717) is 32.3 Å². The van der Waals surface area contributed by atoms with Gasteiger partial charge in [0.1, 0.15) is 5.82 Å². The fraction of sp³-hybridized carbons (Fsp3) is 0.579. The predicted molar refractivity (Wildman–Crippen MR) is 116 cm³/mol. The van der Waals surface area contributed by atoms with Crippen LogP contribution in [0.25, 0.3) is 11.3 Å². The third kappa shape index (κ3) is 3.68. The summed E-state index contributed by atoms with van der Waals surface area (Å²) in [6.07, 6.45) is 4.17. The number of sulfonamides is 1. The minimum atomic E-state index is -3.16. The first-order chi connectivity index (χ1) is 15.0. The van der Waals surface area contributed by atoms with Crippen molar-refractivity contribution >= 4 is 27.7 Å². The number of nitrogens with two attached hydrogens (primary N) is 1. The fourth-order valence-corrected chi connectivity index (χ4v) is 5.41. The average molecular weight is 447 g/mol. The van der Waals surface area contributed by atoms with E-state index in [1.54, 1.807) is 23.6 Å². The van der Waals surface area contributed by atoms with Crippen LogP contribution in [-0.4, -0.2) is 90.4 Å². The smallest absolute Gasteiger partial charge is 0.228 e. The van der Waals surface area contributed by atoms with Crippen molar-refractivity contribution in [2.75, 3.05) is 67.2 Å². The van der Waals surface area contributed by atoms with Gasteiger partial charge in [0.2, 0.25) is 21.9 Å². The average Bonchev–Trinajstić information content (AvgIpc) is 3.17. The number of nitrogens with zero attached hydrogens (tertiary/aromatic N) is 7. The highest BCUT2D eigenvalue weighted by atomic mass is 32.2. The third-order valence-electron chi connectivity index (χ3n) is 6.12. The summed E-state index contributed by atoms with van der Waals surface area (Å²) in [5.74, 6) is 1.87. The second-order valence-electron chi connectivity index (χ2n) is 7.92. The van der Waals surface area contributed by atoms with E-state index in [4.69, 9.17) is 20.4 Å². The van der Waals surface area contributed by atoms with Crippen LogP contribution in [0.2, 0.25) is 0 Å². The number of hydrogen-bond donors (Lipinski definition) is 1. The molecular formula is C19H26N8O3S. The summed E-state index contributed by atoms with van der Waals surface area (Å²) >= 11 is 0. The maximum atomic E-state index is 12.2. The Balaban J connectivity index is 1.50. The number of nitrogen functional groups attached to an aromatic ring is 1. The molecule has 0 unspecified atom stereocenters. The summed E-state index contributed by atoms with van der Waals surface area (Å²) in [5.41, 5.74) is 8.33. The SMILES string of the molecule is CCS(=O)(=O)N1CC(N2CCc3c(-c4cnc(N)nc4)nc(N4CCOCC4)nc32)C1. The first-order valence-electron chi connectivity index (χ1n) is 10.5. The quantitative estimate of drug-likeness (QED) is 0.656. The summed E-state index contributed by atoms with van der Waals surface area (Å²) in [6.45, 7) is 6.17. The van der Waals surface area contributed by atoms with Crippen molar-refractivity contribution in [1.29, 1.82) is 0 Å². The lowest BCUT2D eigenvalue weighted by Crippen LogP contribution is -2.61. The van der Waals surface area contributed by atoms with Gasteiger partial charge in [-0.2, -0.15) is 9.29 Å². The zero-order chi connectivity index (χ0) is 21.6. The largest absolute Gasteiger partial charge is 0.378 e. The van der Waals surface area contributed by atoms with Crippen molar-refractivity contribution in [3.05, 3.63) is 18.0 Å². The number of hydrogen-bond acceptors (Lipinski definition) is 10. The molecule has 31 heavy (non-hydrogen) atoms. The van der Waals surface area contributed by atoms with Gasteiger partial charge in [-0.3, -0.25) is 0 Å². The van der Waals surface area contributed by atoms with Crippen LogP contribution >= 0.6 is 0 Å². The Hall–Kier alpha value is -2.57. The second-order valence-corrected chi connectivity index (χ2v) is 10.2. The van der Waals surface area contributed by atoms with Crippen LogP contribution in [0.1, 0.15) is 12.5 Å². The van der Waals surface area contributed by atoms with Gasteiger partial charge in [-0.05, 0) is 13.3 Å². The number of ether oxygens (including phenoxy) is 1. The van der Waals surface area contributed by atoms with Crippen LogP contribution in [0.5, 0.6) is 0 Å². The molecule has 0 saturated carbocycles. The van der Waals surface area contributed by atoms with E-state index in [1.165, 1.54) is 0 Å². The Morgan fingerprint density at radius 3 is 2.52 bits per heavy atom. The van der Waals surface area contributed by atoms with Crippen molar-refractivity contribution in [2.45, 2.75) is 19.4 Å². The van der Waals surface area contributed by atoms with E-state index in [2.05, 4.69) is 19.8 Å². The first-order valence-corrected chi connectivity index (χ1v) is 12.1. The molecule has 5 heterocycles. The first kappa shape index (κ1) is 20.3. The van der Waals surface area contributed by atoms with E-state index in [-0.39, 0.29) is 17.7 Å². The zero-order valence-electron chi connectivity index (χ0n) is 17.4. The van der Waals surface area contributed by atoms with Crippen LogP contribution in [0, 0.1) is 0 Å². The van der Waals surface area contributed by atoms with Gasteiger partial charge >= 0.3 is 0 Å². The molecule has 2 aromatic heterocycles. The molecule has 0 aliphatic carbocycles. The summed E-state index contributed by atoms with van der Waals surface area (Å²) < 4.78 is 31.3. The molecule has 2 fully saturated rings. The van der Waals surface area contributed by atoms with Crippen molar-refractivity contribution in [3.8, 4) is 11.3 Å². The molecule has 0 spiro atoms. The van der Waals surface area contributed by atoms with Gasteiger partial charge in [-0.25, -0.2) is 23.4 Å². The minimum Gasteiger partial charge on any atom is -0.378 e. The third-order valence-corrected chi connectivity index (χ3v) is 7.93. The standard InChI is InChI=1S/C19H26N8O3S/c1-2-31(28,29)26-11-14(12-26)27-4-3-15-16(13-9-21-18(20)22-10-13)23-19(24-17(15)27)25-5-7-30-8-6-25/h9-10,14H,2-8,11-12H2,1H3,(H2,20,21,22). The molecule has 2 aromatic rings. The molecule has 0 radical (unpaired) electrons. The monoisotopic (exact) mass is 446 g/mol. The fourth-order valence-electron chi connectivity index (χ4n) is 4.25. The number of morpholine rings is 1. The van der Waals surface area contributed by atoms with Crippen molar-refractivity contribution < 1.29 is 13.2 Å². The Kier molecular flexibility index (Phi) is 5.15. The Morgan fingerprint density at radius 2 is 1.84 bits per heavy atom. The molecule has 0 amide bonds. The van der Waals surface area contributed by atoms with E-state index >= 15 is 0 Å². The zero-order valence-corrected chi connectivity index (χ0v) is 18.3. The van der Waals surface area contributed by atoms with Gasteiger partial charge in [0.15, 0.2) is 0 Å². The number of anilines is 3. The lowest BCUT2D eigenvalue weighted by atomic mass is 10.1. The minimum absolute atomic E-state index is 0.116.